The molecule has 0 saturated carbocycles. The lowest BCUT2D eigenvalue weighted by Gasteiger charge is -2.21. The van der Waals surface area contributed by atoms with E-state index in [4.69, 9.17) is 5.11 Å². The van der Waals surface area contributed by atoms with Crippen LogP contribution < -0.4 is 11.5 Å². The van der Waals surface area contributed by atoms with Crippen molar-refractivity contribution in [2.24, 2.45) is 11.5 Å². The summed E-state index contributed by atoms with van der Waals surface area (Å²) in [6, 6.07) is 0. The first-order chi connectivity index (χ1) is 25.5. The molecule has 0 saturated heterocycles. The number of esters is 2. The van der Waals surface area contributed by atoms with Crippen LogP contribution in [0.3, 0.4) is 0 Å². The molecule has 3 aliphatic rings. The lowest BCUT2D eigenvalue weighted by atomic mass is 9.89. The Labute approximate surface area is 328 Å². The Kier molecular flexibility index (Phi) is 13.6. The van der Waals surface area contributed by atoms with Gasteiger partial charge in [-0.05, 0) is 112 Å². The number of hydrogen-bond acceptors (Lipinski definition) is 12. The third-order valence-corrected chi connectivity index (χ3v) is 10.3. The van der Waals surface area contributed by atoms with E-state index >= 15 is 0 Å². The topological polar surface area (TPSA) is 282 Å². The molecule has 17 nitrogen and oxygen atoms in total. The Morgan fingerprint density at radius 3 is 0.912 bits per heavy atom. The highest BCUT2D eigenvalue weighted by Crippen LogP contribution is 2.37. The second kappa shape index (κ2) is 16.6. The normalized spacial score (nSPS) is 13.4. The molecule has 3 aromatic rings. The fourth-order valence-corrected chi connectivity index (χ4v) is 7.32. The molecule has 3 heterocycles. The summed E-state index contributed by atoms with van der Waals surface area (Å²) in [6.07, 6.45) is 0. The van der Waals surface area contributed by atoms with E-state index in [2.05, 4.69) is 16.2 Å². The van der Waals surface area contributed by atoms with Crippen molar-refractivity contribution in [2.75, 3.05) is 13.3 Å². The second-order valence-corrected chi connectivity index (χ2v) is 13.0. The zero-order chi connectivity index (χ0) is 41.9. The minimum Gasteiger partial charge on any atom is -0.478 e. The van der Waals surface area contributed by atoms with Gasteiger partial charge in [-0.2, -0.15) is 0 Å². The van der Waals surface area contributed by atoms with Gasteiger partial charge >= 0.3 is 29.8 Å². The molecule has 0 aliphatic carbocycles. The number of benzene rings is 3. The molecule has 0 atom stereocenters. The molecule has 3 aliphatic heterocycles. The van der Waals surface area contributed by atoms with Crippen LogP contribution in [-0.4, -0.2) is 91.9 Å². The first-order valence-electron chi connectivity index (χ1n) is 16.5. The second-order valence-electron chi connectivity index (χ2n) is 13.0. The van der Waals surface area contributed by atoms with Crippen LogP contribution in [0.25, 0.3) is 0 Å². The van der Waals surface area contributed by atoms with E-state index in [1.807, 2.05) is 0 Å². The smallest absolute Gasteiger partial charge is 0.347 e. The van der Waals surface area contributed by atoms with Gasteiger partial charge in [-0.15, -0.1) is 0 Å². The number of ether oxygens (including phenoxy) is 1. The monoisotopic (exact) mass is 790 g/mol. The van der Waals surface area contributed by atoms with E-state index in [0.717, 1.165) is 9.80 Å². The standard InChI is InChI=1S/C25H22N2O8.C12H10O5.CH6N2.2CH4/c1-8-10(3)16-18(12(5)14(8)24(32)33)22(30)26(20(16)28)7-27-21(29)17-11(4)9(2)15(25(34)35)13(6)19(17)23(27)31;1-4-5(2)8-9(12(16)17-11(8)15)6(3)7(4)10(13)14;2-1-3;;/h7H2,1-6H3,(H,32,33)(H,34,35);1-3H3,(H,13,14);1-3H2;2*1H4. The molecule has 57 heavy (non-hydrogen) atoms. The molecule has 7 N–H and O–H groups in total. The molecule has 0 aromatic heterocycles. The van der Waals surface area contributed by atoms with Gasteiger partial charge in [-0.25, -0.2) is 24.0 Å². The number of carbonyl (C=O) groups excluding carboxylic acids is 6. The maximum absolute atomic E-state index is 13.3. The highest BCUT2D eigenvalue weighted by atomic mass is 16.6. The minimum atomic E-state index is -1.24. The predicted octanol–water partition coefficient (Wildman–Crippen LogP) is 4.54. The van der Waals surface area contributed by atoms with Crippen LogP contribution in [0, 0.1) is 62.3 Å². The van der Waals surface area contributed by atoms with Gasteiger partial charge in [0.2, 0.25) is 0 Å². The van der Waals surface area contributed by atoms with E-state index in [0.29, 0.717) is 33.4 Å². The summed E-state index contributed by atoms with van der Waals surface area (Å²) in [4.78, 5) is 112. The Hall–Kier alpha value is -6.59. The van der Waals surface area contributed by atoms with Gasteiger partial charge in [0.15, 0.2) is 0 Å². The summed E-state index contributed by atoms with van der Waals surface area (Å²) in [5.74, 6) is -8.14. The van der Waals surface area contributed by atoms with Crippen molar-refractivity contribution in [1.82, 2.24) is 9.80 Å². The first-order valence-corrected chi connectivity index (χ1v) is 16.5. The molecule has 0 unspecified atom stereocenters. The van der Waals surface area contributed by atoms with Crippen LogP contribution in [0.15, 0.2) is 0 Å². The Bertz CT molecular complexity index is 2270. The van der Waals surface area contributed by atoms with E-state index < -0.39 is 60.1 Å². The SMILES string of the molecule is C.C.Cc1c(C)c2c(c(C)c1C(=O)O)C(=O)N(CN1C(=O)c3c(C)c(C)c(C(=O)O)c(C)c3C1=O)C2=O.Cc1c(C)c2c(c(C)c1C(=O)O)C(=O)OC2=O.NCN. The van der Waals surface area contributed by atoms with Crippen molar-refractivity contribution in [3.05, 3.63) is 100 Å². The molecular formula is C40H46N4O13. The number of carboxylic acid groups (broad SMARTS) is 3. The van der Waals surface area contributed by atoms with E-state index in [1.165, 1.54) is 20.8 Å². The van der Waals surface area contributed by atoms with Gasteiger partial charge in [-0.3, -0.25) is 29.0 Å². The summed E-state index contributed by atoms with van der Waals surface area (Å²) < 4.78 is 4.51. The third-order valence-electron chi connectivity index (χ3n) is 10.3. The number of fused-ring (bicyclic) bond motifs is 3. The molecule has 4 amide bonds. The number of imide groups is 2. The molecule has 17 heteroatoms. The van der Waals surface area contributed by atoms with Crippen molar-refractivity contribution >= 4 is 53.5 Å². The zero-order valence-electron chi connectivity index (χ0n) is 31.4. The number of cyclic esters (lactones) is 2. The molecule has 0 radical (unpaired) electrons. The molecular weight excluding hydrogens is 744 g/mol. The lowest BCUT2D eigenvalue weighted by Crippen LogP contribution is -2.44. The largest absolute Gasteiger partial charge is 0.478 e. The van der Waals surface area contributed by atoms with Crippen molar-refractivity contribution in [3.8, 4) is 0 Å². The number of nitrogens with zero attached hydrogens (tertiary/aromatic N) is 2. The molecule has 0 fully saturated rings. The van der Waals surface area contributed by atoms with Crippen molar-refractivity contribution < 1.29 is 63.2 Å². The summed E-state index contributed by atoms with van der Waals surface area (Å²) in [7, 11) is 0. The highest BCUT2D eigenvalue weighted by molar-refractivity contribution is 6.26. The number of carboxylic acids is 3. The average molecular weight is 791 g/mol. The lowest BCUT2D eigenvalue weighted by molar-refractivity contribution is 0.0430. The van der Waals surface area contributed by atoms with Crippen LogP contribution in [0.2, 0.25) is 0 Å². The Morgan fingerprint density at radius 1 is 0.439 bits per heavy atom. The van der Waals surface area contributed by atoms with Crippen molar-refractivity contribution in [3.63, 3.8) is 0 Å². The number of rotatable bonds is 5. The van der Waals surface area contributed by atoms with Crippen LogP contribution in [-0.2, 0) is 4.74 Å². The van der Waals surface area contributed by atoms with Crippen molar-refractivity contribution in [1.29, 1.82) is 0 Å². The number of aromatic carboxylic acids is 3. The van der Waals surface area contributed by atoms with Gasteiger partial charge in [0.1, 0.15) is 6.67 Å². The maximum atomic E-state index is 13.3. The van der Waals surface area contributed by atoms with Gasteiger partial charge in [-0.1, -0.05) is 14.9 Å². The number of nitrogens with two attached hydrogens (primary N) is 2. The van der Waals surface area contributed by atoms with E-state index in [1.54, 1.807) is 41.5 Å². The minimum absolute atomic E-state index is 0. The summed E-state index contributed by atoms with van der Waals surface area (Å²) in [5.41, 5.74) is 12.3. The maximum Gasteiger partial charge on any atom is 0.347 e. The fourth-order valence-electron chi connectivity index (χ4n) is 7.32. The fraction of sp³-hybridized carbons (Fsp3) is 0.325. The molecule has 3 aromatic carbocycles. The van der Waals surface area contributed by atoms with Crippen molar-refractivity contribution in [2.45, 2.75) is 77.2 Å². The van der Waals surface area contributed by atoms with Gasteiger partial charge in [0.05, 0.1) is 50.1 Å². The summed E-state index contributed by atoms with van der Waals surface area (Å²) in [6.45, 7) is 13.4. The molecule has 6 rings (SSSR count). The van der Waals surface area contributed by atoms with Gasteiger partial charge in [0, 0.05) is 6.67 Å². The molecule has 304 valence electrons. The number of hydrogen-bond donors (Lipinski definition) is 5. The average Bonchev–Trinajstić information content (AvgIpc) is 3.63. The molecule has 0 bridgehead atoms. The van der Waals surface area contributed by atoms with Crippen LogP contribution >= 0.6 is 0 Å². The highest BCUT2D eigenvalue weighted by Gasteiger charge is 2.46. The predicted molar refractivity (Wildman–Crippen MR) is 205 cm³/mol. The Morgan fingerprint density at radius 2 is 0.649 bits per heavy atom. The third kappa shape index (κ3) is 7.06. The summed E-state index contributed by atoms with van der Waals surface area (Å²) in [5, 5.41) is 28.3. The van der Waals surface area contributed by atoms with Gasteiger partial charge in [0.25, 0.3) is 23.6 Å². The first kappa shape index (κ1) is 46.6. The number of amides is 4. The zero-order valence-corrected chi connectivity index (χ0v) is 31.4. The van der Waals surface area contributed by atoms with Crippen LogP contribution in [0.4, 0.5) is 0 Å². The molecule has 0 spiro atoms. The van der Waals surface area contributed by atoms with Crippen LogP contribution in [0.1, 0.15) is 158 Å². The summed E-state index contributed by atoms with van der Waals surface area (Å²) >= 11 is 0. The van der Waals surface area contributed by atoms with E-state index in [9.17, 15) is 53.4 Å². The number of carbonyl (C=O) groups is 9. The van der Waals surface area contributed by atoms with Crippen LogP contribution in [0.5, 0.6) is 0 Å². The van der Waals surface area contributed by atoms with Gasteiger partial charge < -0.3 is 31.5 Å². The van der Waals surface area contributed by atoms with E-state index in [-0.39, 0.29) is 88.3 Å². The Balaban J connectivity index is 0.000000428. The quantitative estimate of drug-likeness (QED) is 0.103.